The van der Waals surface area contributed by atoms with Gasteiger partial charge in [0.25, 0.3) is 0 Å². The van der Waals surface area contributed by atoms with Gasteiger partial charge in [0, 0.05) is 31.6 Å². The van der Waals surface area contributed by atoms with Crippen molar-refractivity contribution < 1.29 is 0 Å². The smallest absolute Gasteiger partial charge is 0.0351 e. The molecule has 1 fully saturated rings. The number of halogens is 1. The summed E-state index contributed by atoms with van der Waals surface area (Å²) in [5, 5.41) is 0. The molecule has 1 rings (SSSR count). The lowest BCUT2D eigenvalue weighted by Gasteiger charge is -2.25. The van der Waals surface area contributed by atoms with Crippen molar-refractivity contribution in [2.24, 2.45) is 0 Å². The summed E-state index contributed by atoms with van der Waals surface area (Å²) in [7, 11) is 0. The van der Waals surface area contributed by atoms with Crippen LogP contribution >= 0.6 is 11.6 Å². The van der Waals surface area contributed by atoms with Crippen LogP contribution in [0.25, 0.3) is 0 Å². The van der Waals surface area contributed by atoms with E-state index in [-0.39, 0.29) is 0 Å². The fourth-order valence-corrected chi connectivity index (χ4v) is 2.05. The van der Waals surface area contributed by atoms with E-state index in [4.69, 9.17) is 11.6 Å². The molecule has 0 aliphatic heterocycles. The molecule has 0 amide bonds. The molecule has 0 heterocycles. The molecule has 1 aliphatic rings. The van der Waals surface area contributed by atoms with E-state index < -0.39 is 0 Å². The lowest BCUT2D eigenvalue weighted by Crippen LogP contribution is -2.37. The molecule has 0 aromatic rings. The maximum atomic E-state index is 5.80. The maximum Gasteiger partial charge on any atom is 0.0351 e. The van der Waals surface area contributed by atoms with Crippen molar-refractivity contribution in [1.82, 2.24) is 9.80 Å². The van der Waals surface area contributed by atoms with E-state index in [1.54, 1.807) is 0 Å². The van der Waals surface area contributed by atoms with Crippen molar-refractivity contribution in [2.45, 2.75) is 32.7 Å². The van der Waals surface area contributed by atoms with Gasteiger partial charge in [-0.1, -0.05) is 13.8 Å². The molecule has 0 aromatic heterocycles. The van der Waals surface area contributed by atoms with Gasteiger partial charge in [-0.3, -0.25) is 4.90 Å². The summed E-state index contributed by atoms with van der Waals surface area (Å²) in [6, 6.07) is 0.851. The molecule has 0 bridgehead atoms. The summed E-state index contributed by atoms with van der Waals surface area (Å²) in [6.07, 6.45) is 2.77. The second kappa shape index (κ2) is 6.65. The SMILES string of the molecule is CCN(CC)CCN(CCCl)C1CC1. The largest absolute Gasteiger partial charge is 0.303 e. The molecular weight excluding hydrogens is 196 g/mol. The molecule has 0 N–H and O–H groups in total. The van der Waals surface area contributed by atoms with Crippen LogP contribution in [0.3, 0.4) is 0 Å². The molecule has 1 saturated carbocycles. The first-order chi connectivity index (χ1) is 6.81. The molecule has 84 valence electrons. The first-order valence-electron chi connectivity index (χ1n) is 5.84. The zero-order valence-corrected chi connectivity index (χ0v) is 10.3. The van der Waals surface area contributed by atoms with E-state index in [0.29, 0.717) is 0 Å². The topological polar surface area (TPSA) is 6.48 Å². The Morgan fingerprint density at radius 3 is 2.14 bits per heavy atom. The molecule has 14 heavy (non-hydrogen) atoms. The van der Waals surface area contributed by atoms with Crippen molar-refractivity contribution >= 4 is 11.6 Å². The Bertz CT molecular complexity index is 144. The molecule has 0 atom stereocenters. The first-order valence-corrected chi connectivity index (χ1v) is 6.37. The predicted octanol–water partition coefficient (Wildman–Crippen LogP) is 2.03. The van der Waals surface area contributed by atoms with Gasteiger partial charge in [-0.15, -0.1) is 11.6 Å². The fraction of sp³-hybridized carbons (Fsp3) is 1.00. The fourth-order valence-electron chi connectivity index (χ4n) is 1.83. The van der Waals surface area contributed by atoms with E-state index in [1.807, 2.05) is 0 Å². The van der Waals surface area contributed by atoms with E-state index in [1.165, 1.54) is 25.9 Å². The van der Waals surface area contributed by atoms with Gasteiger partial charge in [0.2, 0.25) is 0 Å². The minimum atomic E-state index is 0.773. The Balaban J connectivity index is 2.17. The van der Waals surface area contributed by atoms with Gasteiger partial charge >= 0.3 is 0 Å². The first kappa shape index (κ1) is 12.3. The van der Waals surface area contributed by atoms with Crippen molar-refractivity contribution in [1.29, 1.82) is 0 Å². The zero-order chi connectivity index (χ0) is 10.4. The third-order valence-electron chi connectivity index (χ3n) is 3.03. The van der Waals surface area contributed by atoms with E-state index in [0.717, 1.165) is 31.6 Å². The van der Waals surface area contributed by atoms with Crippen LogP contribution in [0, 0.1) is 0 Å². The second-order valence-electron chi connectivity index (χ2n) is 3.98. The standard InChI is InChI=1S/C11H23ClN2/c1-3-13(4-2)9-10-14(8-7-12)11-5-6-11/h11H,3-10H2,1-2H3. The molecule has 0 spiro atoms. The van der Waals surface area contributed by atoms with Crippen LogP contribution in [0.15, 0.2) is 0 Å². The van der Waals surface area contributed by atoms with Crippen LogP contribution in [-0.2, 0) is 0 Å². The zero-order valence-electron chi connectivity index (χ0n) is 9.51. The lowest BCUT2D eigenvalue weighted by molar-refractivity contribution is 0.215. The summed E-state index contributed by atoms with van der Waals surface area (Å²) in [5.74, 6) is 0.773. The quantitative estimate of drug-likeness (QED) is 0.576. The molecular formula is C11H23ClN2. The number of nitrogens with zero attached hydrogens (tertiary/aromatic N) is 2. The summed E-state index contributed by atoms with van der Waals surface area (Å²) in [4.78, 5) is 5.02. The van der Waals surface area contributed by atoms with E-state index in [2.05, 4.69) is 23.6 Å². The Labute approximate surface area is 93.2 Å². The third kappa shape index (κ3) is 4.16. The van der Waals surface area contributed by atoms with Crippen LogP contribution < -0.4 is 0 Å². The van der Waals surface area contributed by atoms with Crippen molar-refractivity contribution in [3.63, 3.8) is 0 Å². The van der Waals surface area contributed by atoms with Crippen molar-refractivity contribution in [3.05, 3.63) is 0 Å². The minimum Gasteiger partial charge on any atom is -0.303 e. The summed E-state index contributed by atoms with van der Waals surface area (Å²) >= 11 is 5.80. The molecule has 0 unspecified atom stereocenters. The van der Waals surface area contributed by atoms with Crippen LogP contribution in [0.4, 0.5) is 0 Å². The Morgan fingerprint density at radius 1 is 1.07 bits per heavy atom. The van der Waals surface area contributed by atoms with Crippen LogP contribution in [-0.4, -0.2) is 54.4 Å². The van der Waals surface area contributed by atoms with E-state index in [9.17, 15) is 0 Å². The molecule has 0 saturated heterocycles. The second-order valence-corrected chi connectivity index (χ2v) is 4.36. The normalized spacial score (nSPS) is 16.9. The summed E-state index contributed by atoms with van der Waals surface area (Å²) in [6.45, 7) is 10.2. The van der Waals surface area contributed by atoms with Gasteiger partial charge in [0.15, 0.2) is 0 Å². The Morgan fingerprint density at radius 2 is 1.71 bits per heavy atom. The van der Waals surface area contributed by atoms with Crippen LogP contribution in [0.1, 0.15) is 26.7 Å². The average molecular weight is 219 g/mol. The lowest BCUT2D eigenvalue weighted by atomic mass is 10.4. The Hall–Kier alpha value is 0.210. The summed E-state index contributed by atoms with van der Waals surface area (Å²) < 4.78 is 0. The summed E-state index contributed by atoms with van der Waals surface area (Å²) in [5.41, 5.74) is 0. The molecule has 2 nitrogen and oxygen atoms in total. The van der Waals surface area contributed by atoms with Crippen molar-refractivity contribution in [2.75, 3.05) is 38.6 Å². The highest BCUT2D eigenvalue weighted by Gasteiger charge is 2.28. The highest BCUT2D eigenvalue weighted by Crippen LogP contribution is 2.26. The highest BCUT2D eigenvalue weighted by molar-refractivity contribution is 6.18. The van der Waals surface area contributed by atoms with Gasteiger partial charge in [-0.2, -0.15) is 0 Å². The molecule has 3 heteroatoms. The van der Waals surface area contributed by atoms with Crippen molar-refractivity contribution in [3.8, 4) is 0 Å². The van der Waals surface area contributed by atoms with Gasteiger partial charge in [-0.25, -0.2) is 0 Å². The third-order valence-corrected chi connectivity index (χ3v) is 3.20. The van der Waals surface area contributed by atoms with Gasteiger partial charge < -0.3 is 4.90 Å². The number of likely N-dealkylation sites (N-methyl/N-ethyl adjacent to an activating group) is 1. The van der Waals surface area contributed by atoms with Crippen LogP contribution in [0.5, 0.6) is 0 Å². The van der Waals surface area contributed by atoms with Gasteiger partial charge in [-0.05, 0) is 25.9 Å². The molecule has 1 aliphatic carbocycles. The molecule has 0 radical (unpaired) electrons. The average Bonchev–Trinajstić information content (AvgIpc) is 3.01. The van der Waals surface area contributed by atoms with Gasteiger partial charge in [0.1, 0.15) is 0 Å². The number of hydrogen-bond acceptors (Lipinski definition) is 2. The number of hydrogen-bond donors (Lipinski definition) is 0. The predicted molar refractivity (Wildman–Crippen MR) is 63.1 cm³/mol. The van der Waals surface area contributed by atoms with E-state index >= 15 is 0 Å². The highest BCUT2D eigenvalue weighted by atomic mass is 35.5. The molecule has 0 aromatic carbocycles. The monoisotopic (exact) mass is 218 g/mol. The number of rotatable bonds is 8. The minimum absolute atomic E-state index is 0.773. The Kier molecular flexibility index (Phi) is 5.83. The maximum absolute atomic E-state index is 5.80. The van der Waals surface area contributed by atoms with Gasteiger partial charge in [0.05, 0.1) is 0 Å². The van der Waals surface area contributed by atoms with Crippen LogP contribution in [0.2, 0.25) is 0 Å². The number of alkyl halides is 1.